The van der Waals surface area contributed by atoms with E-state index in [9.17, 15) is 19.5 Å². The predicted octanol–water partition coefficient (Wildman–Crippen LogP) is 1.09. The van der Waals surface area contributed by atoms with Crippen LogP contribution in [0, 0.1) is 5.41 Å². The van der Waals surface area contributed by atoms with Crippen LogP contribution in [0.3, 0.4) is 0 Å². The second-order valence-corrected chi connectivity index (χ2v) is 9.04. The maximum atomic E-state index is 12.5. The number of carbonyl (C=O) groups excluding carboxylic acids is 2. The Morgan fingerprint density at radius 1 is 1.17 bits per heavy atom. The third kappa shape index (κ3) is 7.41. The quantitative estimate of drug-likeness (QED) is 0.433. The molecule has 11 heteroatoms. The standard InChI is InChI=1S/C18H32N6O5/c1-16(2,3)18(19,15(27)28)10-9-12(25)20-11(14-21-23-24-22-14)7-8-13(26)29-17(4,5)6/h11H,7-10,19H2,1-6H3,(H,20,25)(H,27,28)(H,21,22,23,24)/t11-,18-/m1/s1. The van der Waals surface area contributed by atoms with Gasteiger partial charge in [0.25, 0.3) is 0 Å². The number of ether oxygens (including phenoxy) is 1. The first-order valence-electron chi connectivity index (χ1n) is 9.42. The Morgan fingerprint density at radius 3 is 2.24 bits per heavy atom. The molecule has 29 heavy (non-hydrogen) atoms. The highest BCUT2D eigenvalue weighted by Crippen LogP contribution is 2.32. The highest BCUT2D eigenvalue weighted by molar-refractivity contribution is 5.82. The van der Waals surface area contributed by atoms with Gasteiger partial charge in [-0.05, 0) is 39.0 Å². The molecule has 0 saturated carbocycles. The average molecular weight is 412 g/mol. The Labute approximate surface area is 170 Å². The number of tetrazole rings is 1. The number of aliphatic carboxylic acids is 1. The van der Waals surface area contributed by atoms with Crippen LogP contribution < -0.4 is 11.1 Å². The van der Waals surface area contributed by atoms with Crippen molar-refractivity contribution < 1.29 is 24.2 Å². The number of rotatable bonds is 9. The lowest BCUT2D eigenvalue weighted by Crippen LogP contribution is -2.58. The summed E-state index contributed by atoms with van der Waals surface area (Å²) < 4.78 is 5.27. The van der Waals surface area contributed by atoms with Gasteiger partial charge in [0.1, 0.15) is 11.1 Å². The average Bonchev–Trinajstić information content (AvgIpc) is 3.07. The number of esters is 1. The van der Waals surface area contributed by atoms with Gasteiger partial charge in [-0.25, -0.2) is 0 Å². The molecule has 0 aromatic carbocycles. The van der Waals surface area contributed by atoms with Gasteiger partial charge in [0.2, 0.25) is 5.91 Å². The fourth-order valence-electron chi connectivity index (χ4n) is 2.62. The number of carbonyl (C=O) groups is 3. The van der Waals surface area contributed by atoms with E-state index in [1.165, 1.54) is 0 Å². The van der Waals surface area contributed by atoms with Gasteiger partial charge in [0, 0.05) is 12.8 Å². The molecule has 0 spiro atoms. The molecule has 0 aliphatic carbocycles. The summed E-state index contributed by atoms with van der Waals surface area (Å²) in [5.74, 6) is -1.79. The summed E-state index contributed by atoms with van der Waals surface area (Å²) in [7, 11) is 0. The maximum absolute atomic E-state index is 12.5. The molecule has 2 atom stereocenters. The molecule has 0 unspecified atom stereocenters. The third-order valence-corrected chi connectivity index (χ3v) is 4.53. The van der Waals surface area contributed by atoms with Crippen molar-refractivity contribution in [3.8, 4) is 0 Å². The second-order valence-electron chi connectivity index (χ2n) is 9.04. The van der Waals surface area contributed by atoms with Crippen molar-refractivity contribution in [2.45, 2.75) is 84.4 Å². The van der Waals surface area contributed by atoms with Gasteiger partial charge in [0.05, 0.1) is 6.04 Å². The summed E-state index contributed by atoms with van der Waals surface area (Å²) in [4.78, 5) is 36.1. The van der Waals surface area contributed by atoms with Crippen molar-refractivity contribution in [3.63, 3.8) is 0 Å². The molecular weight excluding hydrogens is 380 g/mol. The SMILES string of the molecule is CC(C)(C)OC(=O)CC[C@@H](NC(=O)CC[C@@](N)(C(=O)O)C(C)(C)C)c1nn[nH]n1. The Balaban J connectivity index is 2.76. The Bertz CT molecular complexity index is 707. The van der Waals surface area contributed by atoms with E-state index in [1.54, 1.807) is 41.5 Å². The zero-order valence-electron chi connectivity index (χ0n) is 17.9. The van der Waals surface area contributed by atoms with Gasteiger partial charge >= 0.3 is 11.9 Å². The van der Waals surface area contributed by atoms with E-state index in [0.29, 0.717) is 0 Å². The zero-order valence-corrected chi connectivity index (χ0v) is 17.9. The van der Waals surface area contributed by atoms with E-state index >= 15 is 0 Å². The molecule has 1 aromatic heterocycles. The monoisotopic (exact) mass is 412 g/mol. The first kappa shape index (κ1) is 24.5. The number of carboxylic acids is 1. The van der Waals surface area contributed by atoms with Gasteiger partial charge < -0.3 is 20.9 Å². The van der Waals surface area contributed by atoms with Crippen LogP contribution in [0.25, 0.3) is 0 Å². The Hall–Kier alpha value is -2.56. The van der Waals surface area contributed by atoms with Gasteiger partial charge in [-0.15, -0.1) is 10.2 Å². The molecule has 1 heterocycles. The summed E-state index contributed by atoms with van der Waals surface area (Å²) in [5.41, 5.74) is 3.14. The number of amides is 1. The number of H-pyrrole nitrogens is 1. The Kier molecular flexibility index (Phi) is 7.84. The van der Waals surface area contributed by atoms with Crippen molar-refractivity contribution in [2.75, 3.05) is 0 Å². The summed E-state index contributed by atoms with van der Waals surface area (Å²) in [5, 5.41) is 25.7. The third-order valence-electron chi connectivity index (χ3n) is 4.53. The molecule has 5 N–H and O–H groups in total. The van der Waals surface area contributed by atoms with Crippen LogP contribution in [0.2, 0.25) is 0 Å². The van der Waals surface area contributed by atoms with Gasteiger partial charge in [-0.2, -0.15) is 5.21 Å². The molecule has 164 valence electrons. The molecule has 11 nitrogen and oxygen atoms in total. The predicted molar refractivity (Wildman–Crippen MR) is 103 cm³/mol. The molecule has 0 saturated heterocycles. The number of aromatic amines is 1. The molecular formula is C18H32N6O5. The van der Waals surface area contributed by atoms with E-state index in [2.05, 4.69) is 25.9 Å². The number of nitrogens with zero attached hydrogens (tertiary/aromatic N) is 3. The number of carboxylic acid groups (broad SMARTS) is 1. The number of nitrogens with one attached hydrogen (secondary N) is 2. The van der Waals surface area contributed by atoms with Crippen LogP contribution in [0.1, 0.15) is 79.1 Å². The largest absolute Gasteiger partial charge is 0.480 e. The van der Waals surface area contributed by atoms with Crippen molar-refractivity contribution >= 4 is 17.8 Å². The first-order chi connectivity index (χ1) is 13.2. The van der Waals surface area contributed by atoms with E-state index in [1.807, 2.05) is 0 Å². The van der Waals surface area contributed by atoms with E-state index in [4.69, 9.17) is 10.5 Å². The van der Waals surface area contributed by atoms with Crippen molar-refractivity contribution in [1.29, 1.82) is 0 Å². The summed E-state index contributed by atoms with van der Waals surface area (Å²) in [6.07, 6.45) is 0.0738. The van der Waals surface area contributed by atoms with Crippen LogP contribution in [0.4, 0.5) is 0 Å². The van der Waals surface area contributed by atoms with Crippen LogP contribution >= 0.6 is 0 Å². The van der Waals surface area contributed by atoms with Crippen LogP contribution in [-0.4, -0.2) is 54.7 Å². The lowest BCUT2D eigenvalue weighted by molar-refractivity contribution is -0.155. The fraction of sp³-hybridized carbons (Fsp3) is 0.778. The van der Waals surface area contributed by atoms with E-state index < -0.39 is 40.4 Å². The first-order valence-corrected chi connectivity index (χ1v) is 9.42. The number of hydrogen-bond donors (Lipinski definition) is 4. The summed E-state index contributed by atoms with van der Waals surface area (Å²) >= 11 is 0. The molecule has 1 amide bonds. The maximum Gasteiger partial charge on any atom is 0.324 e. The molecule has 0 aliphatic heterocycles. The highest BCUT2D eigenvalue weighted by Gasteiger charge is 2.45. The van der Waals surface area contributed by atoms with Crippen molar-refractivity contribution in [2.24, 2.45) is 11.1 Å². The lowest BCUT2D eigenvalue weighted by atomic mass is 9.71. The van der Waals surface area contributed by atoms with Gasteiger partial charge in [-0.3, -0.25) is 14.4 Å². The molecule has 0 radical (unpaired) electrons. The molecule has 1 aromatic rings. The minimum Gasteiger partial charge on any atom is -0.480 e. The molecule has 0 bridgehead atoms. The fourth-order valence-corrected chi connectivity index (χ4v) is 2.62. The van der Waals surface area contributed by atoms with Crippen LogP contribution in [0.15, 0.2) is 0 Å². The summed E-state index contributed by atoms with van der Waals surface area (Å²) in [6, 6.07) is -0.680. The van der Waals surface area contributed by atoms with Gasteiger partial charge in [0.15, 0.2) is 5.82 Å². The topological polar surface area (TPSA) is 173 Å². The normalized spacial score (nSPS) is 15.3. The molecule has 1 rings (SSSR count). The number of hydrogen-bond acceptors (Lipinski definition) is 8. The molecule has 0 fully saturated rings. The van der Waals surface area contributed by atoms with E-state index in [0.717, 1.165) is 0 Å². The molecule has 0 aliphatic rings. The Morgan fingerprint density at radius 2 is 1.79 bits per heavy atom. The highest BCUT2D eigenvalue weighted by atomic mass is 16.6. The smallest absolute Gasteiger partial charge is 0.324 e. The minimum atomic E-state index is -1.57. The minimum absolute atomic E-state index is 0.0364. The second kappa shape index (κ2) is 9.29. The summed E-state index contributed by atoms with van der Waals surface area (Å²) in [6.45, 7) is 10.4. The van der Waals surface area contributed by atoms with Crippen molar-refractivity contribution in [1.82, 2.24) is 25.9 Å². The van der Waals surface area contributed by atoms with Crippen molar-refractivity contribution in [3.05, 3.63) is 5.82 Å². The number of nitrogens with two attached hydrogens (primary N) is 1. The van der Waals surface area contributed by atoms with E-state index in [-0.39, 0.29) is 31.5 Å². The van der Waals surface area contributed by atoms with Crippen LogP contribution in [0.5, 0.6) is 0 Å². The lowest BCUT2D eigenvalue weighted by Gasteiger charge is -2.37. The van der Waals surface area contributed by atoms with Crippen LogP contribution in [-0.2, 0) is 19.1 Å². The zero-order chi connectivity index (χ0) is 22.5. The van der Waals surface area contributed by atoms with Gasteiger partial charge in [-0.1, -0.05) is 26.0 Å². The number of aromatic nitrogens is 4.